The van der Waals surface area contributed by atoms with Crippen LogP contribution in [0.5, 0.6) is 0 Å². The minimum absolute atomic E-state index is 0.543. The van der Waals surface area contributed by atoms with Crippen LogP contribution in [0.15, 0.2) is 461 Å². The summed E-state index contributed by atoms with van der Waals surface area (Å²) in [6.45, 7) is 4.40. The van der Waals surface area contributed by atoms with Gasteiger partial charge in [0, 0.05) is 33.5 Å². The summed E-state index contributed by atoms with van der Waals surface area (Å²) in [7, 11) is 0. The molecule has 22 aromatic rings. The molecule has 0 atom stereocenters. The molecule has 2 aliphatic rings. The van der Waals surface area contributed by atoms with E-state index in [9.17, 15) is 0 Å². The first kappa shape index (κ1) is 71.8. The molecule has 2 nitrogen and oxygen atoms in total. The van der Waals surface area contributed by atoms with E-state index in [0.29, 0.717) is 0 Å². The van der Waals surface area contributed by atoms with Gasteiger partial charge in [0.1, 0.15) is 0 Å². The van der Waals surface area contributed by atoms with Crippen LogP contribution in [0.3, 0.4) is 0 Å². The van der Waals surface area contributed by atoms with Gasteiger partial charge >= 0.3 is 0 Å². The Balaban J connectivity index is 0.000000180. The zero-order chi connectivity index (χ0) is 81.0. The summed E-state index contributed by atoms with van der Waals surface area (Å²) in [6.07, 6.45) is 0. The number of rotatable bonds is 13. The van der Waals surface area contributed by atoms with E-state index in [4.69, 9.17) is 0 Å². The van der Waals surface area contributed by atoms with Crippen molar-refractivity contribution in [1.82, 2.24) is 0 Å². The number of fused-ring (bicyclic) bond motifs is 10. The normalized spacial score (nSPS) is 12.8. The van der Waals surface area contributed by atoms with E-state index >= 15 is 0 Å². The highest BCUT2D eigenvalue weighted by molar-refractivity contribution is 6.28. The average Bonchev–Trinajstić information content (AvgIpc) is 1.50. The van der Waals surface area contributed by atoms with E-state index < -0.39 is 10.8 Å². The van der Waals surface area contributed by atoms with Gasteiger partial charge in [0.05, 0.1) is 22.2 Å². The van der Waals surface area contributed by atoms with Crippen molar-refractivity contribution in [1.29, 1.82) is 0 Å². The second kappa shape index (κ2) is 29.2. The van der Waals surface area contributed by atoms with Crippen molar-refractivity contribution >= 4 is 110 Å². The Bertz CT molecular complexity index is 7410. The van der Waals surface area contributed by atoms with Gasteiger partial charge in [0.2, 0.25) is 0 Å². The molecule has 0 saturated carbocycles. The van der Waals surface area contributed by atoms with Gasteiger partial charge in [0.15, 0.2) is 0 Å². The molecule has 24 rings (SSSR count). The summed E-state index contributed by atoms with van der Waals surface area (Å²) in [6, 6.07) is 171. The van der Waals surface area contributed by atoms with Crippen LogP contribution in [0.1, 0.15) is 55.6 Å². The van der Waals surface area contributed by atoms with Crippen molar-refractivity contribution in [2.45, 2.75) is 24.7 Å². The van der Waals surface area contributed by atoms with E-state index in [-0.39, 0.29) is 0 Å². The van der Waals surface area contributed by atoms with Gasteiger partial charge in [-0.25, -0.2) is 0 Å². The Morgan fingerprint density at radius 3 is 0.959 bits per heavy atom. The van der Waals surface area contributed by atoms with E-state index in [2.05, 4.69) is 485 Å². The topological polar surface area (TPSA) is 6.48 Å². The molecule has 0 aromatic heterocycles. The van der Waals surface area contributed by atoms with Gasteiger partial charge in [-0.2, -0.15) is 0 Å². The first-order valence-electron chi connectivity index (χ1n) is 42.5. The highest BCUT2D eigenvalue weighted by Crippen LogP contribution is 2.60. The highest BCUT2D eigenvalue weighted by atomic mass is 15.2. The van der Waals surface area contributed by atoms with E-state index in [0.717, 1.165) is 34.1 Å². The summed E-state index contributed by atoms with van der Waals surface area (Å²) in [5.41, 5.74) is 30.9. The van der Waals surface area contributed by atoms with Gasteiger partial charge in [-0.3, -0.25) is 0 Å². The van der Waals surface area contributed by atoms with Gasteiger partial charge in [-0.05, 0) is 256 Å². The lowest BCUT2D eigenvalue weighted by atomic mass is 9.67. The van der Waals surface area contributed by atoms with Crippen LogP contribution in [-0.2, 0) is 10.8 Å². The monoisotopic (exact) mass is 1550 g/mol. The van der Waals surface area contributed by atoms with Crippen LogP contribution in [0, 0.1) is 13.8 Å². The molecular weight excluding hydrogens is 1470 g/mol. The highest BCUT2D eigenvalue weighted by Gasteiger charge is 2.48. The molecule has 0 heterocycles. The summed E-state index contributed by atoms with van der Waals surface area (Å²) >= 11 is 0. The number of anilines is 6. The predicted molar refractivity (Wildman–Crippen MR) is 516 cm³/mol. The van der Waals surface area contributed by atoms with E-state index in [1.54, 1.807) is 0 Å². The number of hydrogen-bond acceptors (Lipinski definition) is 2. The number of aryl methyl sites for hydroxylation is 2. The molecule has 0 spiro atoms. The average molecular weight is 1550 g/mol. The van der Waals surface area contributed by atoms with Gasteiger partial charge < -0.3 is 9.80 Å². The molecule has 2 aliphatic carbocycles. The van der Waals surface area contributed by atoms with Crippen molar-refractivity contribution in [3.63, 3.8) is 0 Å². The molecule has 22 aromatic carbocycles. The molecule has 0 bridgehead atoms. The molecule has 0 radical (unpaired) electrons. The van der Waals surface area contributed by atoms with Crippen molar-refractivity contribution in [3.8, 4) is 55.6 Å². The molecule has 2 heteroatoms. The standard InChI is InChI=1S/C80H56N2.C40H26/c1-53-21-17-29-61(49-53)81(63-31-19-27-59(51-63)79(57-23-5-3-6-24-57)71-37-13-9-33-65(71)66-34-10-14-38-72(66)79)75-47-43-55-42-46-70-76(48-44-56-41-45-69(75)77(55)78(56)70)82(62-30-18-22-54(2)50-62)64-32-20-28-60(52-64)80(58-25-7-4-8-26-58)73-39-15-11-35-67(73)68-36-12-16-40-74(68)80;1-2-12-31-26-32(25-20-27(31)10-1)40-37-17-7-5-15-35(37)39(36-16-6-8-18-38(36)40)30-23-21-29(22-24-30)34-19-9-13-28-11-3-4-14-33(28)34/h3-52H,1-2H3;1-26H. The number of hydrogen-bond donors (Lipinski definition) is 0. The Labute approximate surface area is 711 Å². The van der Waals surface area contributed by atoms with Crippen LogP contribution in [0.4, 0.5) is 34.1 Å². The Kier molecular flexibility index (Phi) is 17.2. The van der Waals surface area contributed by atoms with Crippen molar-refractivity contribution in [3.05, 3.63) is 517 Å². The second-order valence-corrected chi connectivity index (χ2v) is 33.0. The number of nitrogens with zero attached hydrogens (tertiary/aromatic N) is 2. The molecule has 572 valence electrons. The quantitative estimate of drug-likeness (QED) is 0.0838. The molecule has 0 amide bonds. The second-order valence-electron chi connectivity index (χ2n) is 33.0. The Morgan fingerprint density at radius 1 is 0.180 bits per heavy atom. The maximum atomic E-state index is 2.50. The molecule has 0 aliphatic heterocycles. The van der Waals surface area contributed by atoms with Crippen LogP contribution < -0.4 is 9.80 Å². The largest absolute Gasteiger partial charge is 0.310 e. The van der Waals surface area contributed by atoms with E-state index in [1.165, 1.54) is 187 Å². The maximum Gasteiger partial charge on any atom is 0.0714 e. The first-order chi connectivity index (χ1) is 60.3. The summed E-state index contributed by atoms with van der Waals surface area (Å²) < 4.78 is 0. The van der Waals surface area contributed by atoms with Gasteiger partial charge in [0.25, 0.3) is 0 Å². The Morgan fingerprint density at radius 2 is 0.500 bits per heavy atom. The summed E-state index contributed by atoms with van der Waals surface area (Å²) in [4.78, 5) is 5.00. The van der Waals surface area contributed by atoms with Crippen LogP contribution in [0.2, 0.25) is 0 Å². The van der Waals surface area contributed by atoms with Crippen LogP contribution in [0.25, 0.3) is 131 Å². The molecule has 0 fully saturated rings. The summed E-state index contributed by atoms with van der Waals surface area (Å²) in [5.74, 6) is 0. The molecule has 122 heavy (non-hydrogen) atoms. The predicted octanol–water partition coefficient (Wildman–Crippen LogP) is 32.2. The lowest BCUT2D eigenvalue weighted by Crippen LogP contribution is -2.28. The van der Waals surface area contributed by atoms with Crippen molar-refractivity contribution in [2.75, 3.05) is 9.80 Å². The summed E-state index contributed by atoms with van der Waals surface area (Å²) in [5, 5.41) is 17.5. The van der Waals surface area contributed by atoms with Crippen LogP contribution >= 0.6 is 0 Å². The lowest BCUT2D eigenvalue weighted by Gasteiger charge is -2.35. The maximum absolute atomic E-state index is 2.50. The third-order valence-electron chi connectivity index (χ3n) is 26.3. The van der Waals surface area contributed by atoms with Crippen molar-refractivity contribution in [2.24, 2.45) is 0 Å². The molecule has 0 N–H and O–H groups in total. The SMILES string of the molecule is Cc1cccc(N(c2cccc(C3(c4ccccc4)c4ccccc4-c4ccccc43)c2)c2ccc3ccc4c(N(c5cccc(C)c5)c5cccc(C6(c7ccccc7)c7ccccc7-c7ccccc76)c5)ccc5ccc2c3c54)c1.c1ccc2cc(-c3c4ccccc4c(-c4ccc(-c5cccc6ccccc56)cc4)c4ccccc34)ccc2c1. The fourth-order valence-electron chi connectivity index (χ4n) is 21.1. The van der Waals surface area contributed by atoms with Gasteiger partial charge in [-0.15, -0.1) is 0 Å². The Hall–Kier alpha value is -15.5. The first-order valence-corrected chi connectivity index (χ1v) is 42.5. The molecular formula is C120H82N2. The van der Waals surface area contributed by atoms with E-state index in [1.807, 2.05) is 0 Å². The minimum Gasteiger partial charge on any atom is -0.310 e. The third kappa shape index (κ3) is 11.4. The van der Waals surface area contributed by atoms with Crippen LogP contribution in [-0.4, -0.2) is 0 Å². The third-order valence-corrected chi connectivity index (χ3v) is 26.3. The smallest absolute Gasteiger partial charge is 0.0714 e. The van der Waals surface area contributed by atoms with Crippen molar-refractivity contribution < 1.29 is 0 Å². The molecule has 0 unspecified atom stereocenters. The van der Waals surface area contributed by atoms with Gasteiger partial charge in [-0.1, -0.05) is 394 Å². The fourth-order valence-corrected chi connectivity index (χ4v) is 21.1. The number of benzene rings is 22. The zero-order valence-electron chi connectivity index (χ0n) is 67.8. The minimum atomic E-state index is -0.543. The lowest BCUT2D eigenvalue weighted by molar-refractivity contribution is 0.768. The fraction of sp³-hybridized carbons (Fsp3) is 0.0333. The zero-order valence-corrected chi connectivity index (χ0v) is 67.8. The molecule has 0 saturated heterocycles.